The number of likely N-dealkylation sites (tertiary alicyclic amines) is 2. The maximum absolute atomic E-state index is 12.2. The molecule has 5 nitrogen and oxygen atoms in total. The van der Waals surface area contributed by atoms with E-state index in [0.717, 1.165) is 18.7 Å². The zero-order chi connectivity index (χ0) is 15.4. The van der Waals surface area contributed by atoms with Crippen LogP contribution in [0.1, 0.15) is 24.8 Å². The standard InChI is InChI=1S/C17H23N3O2/c21-16(6-5-15-4-3-8-18-12-15)20-11-7-17(22,14-20)13-19-9-1-2-10-19/h3-6,8,12,22H,1-2,7,9-11,13-14H2/b6-5+/t17-/m1/s1. The van der Waals surface area contributed by atoms with Crippen LogP contribution < -0.4 is 0 Å². The Morgan fingerprint density at radius 1 is 1.36 bits per heavy atom. The zero-order valence-corrected chi connectivity index (χ0v) is 12.8. The van der Waals surface area contributed by atoms with E-state index in [9.17, 15) is 9.90 Å². The number of rotatable bonds is 4. The summed E-state index contributed by atoms with van der Waals surface area (Å²) in [7, 11) is 0. The summed E-state index contributed by atoms with van der Waals surface area (Å²) in [6, 6.07) is 3.75. The minimum atomic E-state index is -0.748. The molecule has 5 heteroatoms. The lowest BCUT2D eigenvalue weighted by molar-refractivity contribution is -0.126. The number of amides is 1. The summed E-state index contributed by atoms with van der Waals surface area (Å²) in [6.07, 6.45) is 9.86. The highest BCUT2D eigenvalue weighted by atomic mass is 16.3. The van der Waals surface area contributed by atoms with Crippen LogP contribution in [-0.4, -0.2) is 64.1 Å². The molecule has 0 unspecified atom stereocenters. The van der Waals surface area contributed by atoms with Crippen molar-refractivity contribution in [3.05, 3.63) is 36.2 Å². The van der Waals surface area contributed by atoms with Gasteiger partial charge in [-0.05, 0) is 50.1 Å². The van der Waals surface area contributed by atoms with E-state index in [1.807, 2.05) is 12.1 Å². The van der Waals surface area contributed by atoms with Crippen molar-refractivity contribution in [2.45, 2.75) is 24.9 Å². The van der Waals surface area contributed by atoms with Gasteiger partial charge in [0, 0.05) is 31.6 Å². The van der Waals surface area contributed by atoms with Crippen LogP contribution in [0.2, 0.25) is 0 Å². The van der Waals surface area contributed by atoms with Crippen molar-refractivity contribution in [2.75, 3.05) is 32.7 Å². The van der Waals surface area contributed by atoms with Crippen molar-refractivity contribution in [3.63, 3.8) is 0 Å². The number of carbonyl (C=O) groups is 1. The van der Waals surface area contributed by atoms with Crippen molar-refractivity contribution in [2.24, 2.45) is 0 Å². The Labute approximate surface area is 131 Å². The molecule has 0 saturated carbocycles. The van der Waals surface area contributed by atoms with E-state index in [2.05, 4.69) is 9.88 Å². The third-order valence-corrected chi connectivity index (χ3v) is 4.46. The van der Waals surface area contributed by atoms with Crippen molar-refractivity contribution < 1.29 is 9.90 Å². The number of nitrogens with zero attached hydrogens (tertiary/aromatic N) is 3. The highest BCUT2D eigenvalue weighted by Crippen LogP contribution is 2.24. The van der Waals surface area contributed by atoms with E-state index in [1.54, 1.807) is 29.4 Å². The van der Waals surface area contributed by atoms with Crippen LogP contribution in [0.25, 0.3) is 6.08 Å². The van der Waals surface area contributed by atoms with Crippen LogP contribution in [-0.2, 0) is 4.79 Å². The SMILES string of the molecule is O=C(/C=C/c1cccnc1)N1CC[C@@](O)(CN2CCCC2)C1. The second-order valence-corrected chi connectivity index (χ2v) is 6.34. The fraction of sp³-hybridized carbons (Fsp3) is 0.529. The molecule has 1 N–H and O–H groups in total. The molecule has 3 rings (SSSR count). The van der Waals surface area contributed by atoms with Gasteiger partial charge in [0.25, 0.3) is 0 Å². The minimum Gasteiger partial charge on any atom is -0.387 e. The molecule has 1 aromatic rings. The quantitative estimate of drug-likeness (QED) is 0.848. The molecule has 2 aliphatic heterocycles. The van der Waals surface area contributed by atoms with Gasteiger partial charge in [-0.25, -0.2) is 0 Å². The molecule has 22 heavy (non-hydrogen) atoms. The van der Waals surface area contributed by atoms with Gasteiger partial charge in [0.2, 0.25) is 5.91 Å². The molecule has 2 aliphatic rings. The van der Waals surface area contributed by atoms with Gasteiger partial charge in [0.15, 0.2) is 0 Å². The molecule has 1 atom stereocenters. The number of aliphatic hydroxyl groups is 1. The van der Waals surface area contributed by atoms with Crippen molar-refractivity contribution >= 4 is 12.0 Å². The van der Waals surface area contributed by atoms with Crippen LogP contribution in [0, 0.1) is 0 Å². The predicted octanol–water partition coefficient (Wildman–Crippen LogP) is 1.15. The Morgan fingerprint density at radius 3 is 2.91 bits per heavy atom. The molecule has 2 saturated heterocycles. The lowest BCUT2D eigenvalue weighted by Gasteiger charge is -2.28. The Kier molecular flexibility index (Phi) is 4.55. The second kappa shape index (κ2) is 6.58. The zero-order valence-electron chi connectivity index (χ0n) is 12.8. The summed E-state index contributed by atoms with van der Waals surface area (Å²) in [5, 5.41) is 10.7. The van der Waals surface area contributed by atoms with Gasteiger partial charge in [-0.2, -0.15) is 0 Å². The van der Waals surface area contributed by atoms with Crippen molar-refractivity contribution in [3.8, 4) is 0 Å². The van der Waals surface area contributed by atoms with Gasteiger partial charge in [-0.15, -0.1) is 0 Å². The molecule has 0 aromatic carbocycles. The smallest absolute Gasteiger partial charge is 0.246 e. The normalized spacial score (nSPS) is 26.1. The summed E-state index contributed by atoms with van der Waals surface area (Å²) < 4.78 is 0. The fourth-order valence-corrected chi connectivity index (χ4v) is 3.28. The molecular formula is C17H23N3O2. The summed E-state index contributed by atoms with van der Waals surface area (Å²) in [4.78, 5) is 20.3. The summed E-state index contributed by atoms with van der Waals surface area (Å²) in [5.41, 5.74) is 0.157. The van der Waals surface area contributed by atoms with Crippen LogP contribution in [0.5, 0.6) is 0 Å². The highest BCUT2D eigenvalue weighted by Gasteiger charge is 2.39. The first-order valence-corrected chi connectivity index (χ1v) is 7.96. The summed E-state index contributed by atoms with van der Waals surface area (Å²) in [6.45, 7) is 3.87. The average molecular weight is 301 g/mol. The molecule has 0 aliphatic carbocycles. The first-order valence-electron chi connectivity index (χ1n) is 7.96. The largest absolute Gasteiger partial charge is 0.387 e. The van der Waals surface area contributed by atoms with Gasteiger partial charge < -0.3 is 14.9 Å². The first-order chi connectivity index (χ1) is 10.6. The number of aromatic nitrogens is 1. The maximum Gasteiger partial charge on any atom is 0.246 e. The molecule has 1 amide bonds. The van der Waals surface area contributed by atoms with Gasteiger partial charge in [0.1, 0.15) is 0 Å². The summed E-state index contributed by atoms with van der Waals surface area (Å²) in [5.74, 6) is -0.0406. The topological polar surface area (TPSA) is 56.7 Å². The van der Waals surface area contributed by atoms with Gasteiger partial charge >= 0.3 is 0 Å². The van der Waals surface area contributed by atoms with E-state index >= 15 is 0 Å². The molecule has 0 radical (unpaired) electrons. The van der Waals surface area contributed by atoms with Crippen LogP contribution >= 0.6 is 0 Å². The molecule has 118 valence electrons. The monoisotopic (exact) mass is 301 g/mol. The number of β-amino-alcohol motifs (C(OH)–C–C–N with tert-alkyl or cyclic N) is 1. The van der Waals surface area contributed by atoms with Gasteiger partial charge in [0.05, 0.1) is 12.1 Å². The number of carbonyl (C=O) groups excluding carboxylic acids is 1. The molecule has 0 spiro atoms. The number of hydrogen-bond donors (Lipinski definition) is 1. The Morgan fingerprint density at radius 2 is 2.18 bits per heavy atom. The third-order valence-electron chi connectivity index (χ3n) is 4.46. The van der Waals surface area contributed by atoms with E-state index in [-0.39, 0.29) is 5.91 Å². The van der Waals surface area contributed by atoms with Gasteiger partial charge in [-0.3, -0.25) is 9.78 Å². The van der Waals surface area contributed by atoms with E-state index in [0.29, 0.717) is 26.1 Å². The highest BCUT2D eigenvalue weighted by molar-refractivity contribution is 5.92. The average Bonchev–Trinajstić information content (AvgIpc) is 3.16. The molecule has 3 heterocycles. The Balaban J connectivity index is 1.55. The van der Waals surface area contributed by atoms with E-state index in [1.165, 1.54) is 12.8 Å². The molecule has 0 bridgehead atoms. The van der Waals surface area contributed by atoms with Crippen LogP contribution in [0.4, 0.5) is 0 Å². The van der Waals surface area contributed by atoms with Crippen LogP contribution in [0.15, 0.2) is 30.6 Å². The minimum absolute atomic E-state index is 0.0406. The maximum atomic E-state index is 12.2. The van der Waals surface area contributed by atoms with Crippen LogP contribution in [0.3, 0.4) is 0 Å². The molecule has 1 aromatic heterocycles. The summed E-state index contributed by atoms with van der Waals surface area (Å²) >= 11 is 0. The molecular weight excluding hydrogens is 278 g/mol. The van der Waals surface area contributed by atoms with Crippen molar-refractivity contribution in [1.82, 2.24) is 14.8 Å². The first kappa shape index (κ1) is 15.2. The lowest BCUT2D eigenvalue weighted by Crippen LogP contribution is -2.44. The second-order valence-electron chi connectivity index (χ2n) is 6.34. The number of pyridine rings is 1. The lowest BCUT2D eigenvalue weighted by atomic mass is 10.0. The van der Waals surface area contributed by atoms with Gasteiger partial charge in [-0.1, -0.05) is 6.07 Å². The predicted molar refractivity (Wildman–Crippen MR) is 85.1 cm³/mol. The Hall–Kier alpha value is -1.72. The van der Waals surface area contributed by atoms with E-state index < -0.39 is 5.60 Å². The van der Waals surface area contributed by atoms with E-state index in [4.69, 9.17) is 0 Å². The third kappa shape index (κ3) is 3.72. The fourth-order valence-electron chi connectivity index (χ4n) is 3.28. The Bertz CT molecular complexity index is 540. The molecule has 2 fully saturated rings. The number of hydrogen-bond acceptors (Lipinski definition) is 4. The van der Waals surface area contributed by atoms with Crippen molar-refractivity contribution in [1.29, 1.82) is 0 Å².